The van der Waals surface area contributed by atoms with Gasteiger partial charge in [-0.3, -0.25) is 4.79 Å². The van der Waals surface area contributed by atoms with Crippen LogP contribution in [0, 0.1) is 0 Å². The van der Waals surface area contributed by atoms with Crippen molar-refractivity contribution in [3.8, 4) is 11.5 Å². The van der Waals surface area contributed by atoms with Gasteiger partial charge in [-0.2, -0.15) is 0 Å². The molecule has 0 bridgehead atoms. The third-order valence-electron chi connectivity index (χ3n) is 4.01. The maximum absolute atomic E-state index is 12.4. The SMILES string of the molecule is COc1ccc(Nc2cc(N=NC(N)=S)c(=O)[nH]c2Nc2ccc(OC)cc2)cc1. The zero-order valence-corrected chi connectivity index (χ0v) is 17.1. The first kappa shape index (κ1) is 20.8. The van der Waals surface area contributed by atoms with Crippen LogP contribution in [-0.4, -0.2) is 24.3 Å². The van der Waals surface area contributed by atoms with Gasteiger partial charge in [0.1, 0.15) is 17.3 Å². The van der Waals surface area contributed by atoms with Crippen LogP contribution in [0.3, 0.4) is 0 Å². The molecule has 1 aromatic heterocycles. The molecular formula is C20H20N6O3S. The van der Waals surface area contributed by atoms with Gasteiger partial charge in [0.15, 0.2) is 5.69 Å². The van der Waals surface area contributed by atoms with Crippen molar-refractivity contribution in [2.24, 2.45) is 16.0 Å². The Balaban J connectivity index is 1.98. The van der Waals surface area contributed by atoms with E-state index in [0.717, 1.165) is 22.9 Å². The predicted octanol–water partition coefficient (Wildman–Crippen LogP) is 4.21. The number of nitrogens with one attached hydrogen (secondary N) is 3. The van der Waals surface area contributed by atoms with Gasteiger partial charge < -0.3 is 30.8 Å². The molecule has 0 aliphatic heterocycles. The Kier molecular flexibility index (Phi) is 6.60. The first-order chi connectivity index (χ1) is 14.5. The zero-order chi connectivity index (χ0) is 21.5. The van der Waals surface area contributed by atoms with Gasteiger partial charge in [-0.25, -0.2) is 0 Å². The molecule has 1 heterocycles. The second kappa shape index (κ2) is 9.52. The molecule has 0 fully saturated rings. The molecule has 0 unspecified atom stereocenters. The Morgan fingerprint density at radius 2 is 1.50 bits per heavy atom. The van der Waals surface area contributed by atoms with E-state index in [1.165, 1.54) is 0 Å². The number of rotatable bonds is 7. The first-order valence-corrected chi connectivity index (χ1v) is 9.20. The minimum atomic E-state index is -0.453. The van der Waals surface area contributed by atoms with Crippen LogP contribution >= 0.6 is 12.2 Å². The lowest BCUT2D eigenvalue weighted by molar-refractivity contribution is 0.415. The highest BCUT2D eigenvalue weighted by molar-refractivity contribution is 7.80. The Morgan fingerprint density at radius 3 is 2.00 bits per heavy atom. The lowest BCUT2D eigenvalue weighted by atomic mass is 10.2. The average molecular weight is 424 g/mol. The summed E-state index contributed by atoms with van der Waals surface area (Å²) in [6.45, 7) is 0. The summed E-state index contributed by atoms with van der Waals surface area (Å²) in [5, 5.41) is 13.7. The van der Waals surface area contributed by atoms with Gasteiger partial charge in [0, 0.05) is 11.4 Å². The number of anilines is 4. The molecule has 0 spiro atoms. The van der Waals surface area contributed by atoms with Crippen molar-refractivity contribution < 1.29 is 9.47 Å². The van der Waals surface area contributed by atoms with Crippen LogP contribution in [0.15, 0.2) is 69.6 Å². The van der Waals surface area contributed by atoms with Crippen LogP contribution in [-0.2, 0) is 0 Å². The van der Waals surface area contributed by atoms with Gasteiger partial charge in [-0.15, -0.1) is 10.2 Å². The summed E-state index contributed by atoms with van der Waals surface area (Å²) in [6, 6.07) is 16.1. The van der Waals surface area contributed by atoms with Crippen LogP contribution in [0.2, 0.25) is 0 Å². The second-order valence-electron chi connectivity index (χ2n) is 6.02. The number of aromatic nitrogens is 1. The van der Waals surface area contributed by atoms with Gasteiger partial charge in [-0.05, 0) is 66.8 Å². The van der Waals surface area contributed by atoms with Crippen LogP contribution in [0.1, 0.15) is 0 Å². The molecule has 0 aliphatic carbocycles. The number of hydrogen-bond acceptors (Lipinski definition) is 7. The summed E-state index contributed by atoms with van der Waals surface area (Å²) < 4.78 is 10.4. The lowest BCUT2D eigenvalue weighted by Gasteiger charge is -2.15. The number of H-pyrrole nitrogens is 1. The van der Waals surface area contributed by atoms with Crippen molar-refractivity contribution in [2.75, 3.05) is 24.9 Å². The number of azo groups is 1. The van der Waals surface area contributed by atoms with E-state index in [1.54, 1.807) is 20.3 Å². The average Bonchev–Trinajstić information content (AvgIpc) is 2.75. The van der Waals surface area contributed by atoms with E-state index in [9.17, 15) is 4.79 Å². The minimum absolute atomic E-state index is 0.0547. The van der Waals surface area contributed by atoms with E-state index in [-0.39, 0.29) is 10.8 Å². The molecule has 3 rings (SSSR count). The maximum Gasteiger partial charge on any atom is 0.277 e. The number of ether oxygens (including phenoxy) is 2. The summed E-state index contributed by atoms with van der Waals surface area (Å²) in [6.07, 6.45) is 0. The highest BCUT2D eigenvalue weighted by Gasteiger charge is 2.10. The number of hydrogen-bond donors (Lipinski definition) is 4. The highest BCUT2D eigenvalue weighted by atomic mass is 32.1. The lowest BCUT2D eigenvalue weighted by Crippen LogP contribution is -2.11. The second-order valence-corrected chi connectivity index (χ2v) is 6.44. The summed E-state index contributed by atoms with van der Waals surface area (Å²) in [7, 11) is 3.19. The Labute approximate surface area is 177 Å². The highest BCUT2D eigenvalue weighted by Crippen LogP contribution is 2.29. The molecule has 5 N–H and O–H groups in total. The van der Waals surface area contributed by atoms with E-state index in [2.05, 4.69) is 38.1 Å². The van der Waals surface area contributed by atoms with Gasteiger partial charge in [0.05, 0.1) is 19.9 Å². The predicted molar refractivity (Wildman–Crippen MR) is 121 cm³/mol. The molecule has 0 saturated heterocycles. The van der Waals surface area contributed by atoms with Crippen molar-refractivity contribution in [1.29, 1.82) is 0 Å². The Morgan fingerprint density at radius 1 is 0.967 bits per heavy atom. The molecule has 154 valence electrons. The van der Waals surface area contributed by atoms with Crippen molar-refractivity contribution >= 4 is 45.9 Å². The van der Waals surface area contributed by atoms with Crippen LogP contribution in [0.4, 0.5) is 28.6 Å². The first-order valence-electron chi connectivity index (χ1n) is 8.79. The zero-order valence-electron chi connectivity index (χ0n) is 16.3. The number of pyridine rings is 1. The molecular weight excluding hydrogens is 404 g/mol. The third kappa shape index (κ3) is 5.32. The Bertz CT molecular complexity index is 1110. The fraction of sp³-hybridized carbons (Fsp3) is 0.100. The van der Waals surface area contributed by atoms with Crippen LogP contribution in [0.5, 0.6) is 11.5 Å². The minimum Gasteiger partial charge on any atom is -0.497 e. The van der Waals surface area contributed by atoms with Gasteiger partial charge in [0.2, 0.25) is 5.11 Å². The number of nitrogens with two attached hydrogens (primary N) is 1. The topological polar surface area (TPSA) is 126 Å². The standard InChI is InChI=1S/C20H20N6O3S/c1-28-14-7-3-12(4-8-14)22-16-11-17(25-26-20(21)30)19(27)24-18(16)23-13-5-9-15(29-2)10-6-13/h3-11,22H,1-2H3,(H2,21,30)(H2,23,24,27). The summed E-state index contributed by atoms with van der Waals surface area (Å²) in [5.41, 5.74) is 7.04. The smallest absolute Gasteiger partial charge is 0.277 e. The monoisotopic (exact) mass is 424 g/mol. The maximum atomic E-state index is 12.4. The van der Waals surface area contributed by atoms with E-state index in [1.807, 2.05) is 48.5 Å². The van der Waals surface area contributed by atoms with E-state index < -0.39 is 5.56 Å². The van der Waals surface area contributed by atoms with Crippen molar-refractivity contribution in [3.05, 3.63) is 65.0 Å². The fourth-order valence-electron chi connectivity index (χ4n) is 2.54. The summed E-state index contributed by atoms with van der Waals surface area (Å²) in [5.74, 6) is 1.89. The van der Waals surface area contributed by atoms with Crippen molar-refractivity contribution in [3.63, 3.8) is 0 Å². The quantitative estimate of drug-likeness (QED) is 0.331. The molecule has 2 aromatic carbocycles. The number of aromatic amines is 1. The molecule has 0 radical (unpaired) electrons. The molecule has 30 heavy (non-hydrogen) atoms. The summed E-state index contributed by atoms with van der Waals surface area (Å²) in [4.78, 5) is 15.2. The van der Waals surface area contributed by atoms with Crippen molar-refractivity contribution in [1.82, 2.24) is 4.98 Å². The molecule has 0 saturated carbocycles. The number of methoxy groups -OCH3 is 2. The van der Waals surface area contributed by atoms with Gasteiger partial charge >= 0.3 is 0 Å². The van der Waals surface area contributed by atoms with Crippen LogP contribution < -0.4 is 31.4 Å². The normalized spacial score (nSPS) is 10.6. The van der Waals surface area contributed by atoms with Crippen molar-refractivity contribution in [2.45, 2.75) is 0 Å². The number of thiocarbonyl (C=S) groups is 1. The fourth-order valence-corrected chi connectivity index (χ4v) is 2.58. The molecule has 3 aromatic rings. The van der Waals surface area contributed by atoms with E-state index in [4.69, 9.17) is 15.2 Å². The summed E-state index contributed by atoms with van der Waals surface area (Å²) >= 11 is 4.69. The largest absolute Gasteiger partial charge is 0.497 e. The van der Waals surface area contributed by atoms with Crippen LogP contribution in [0.25, 0.3) is 0 Å². The molecule has 0 amide bonds. The van der Waals surface area contributed by atoms with Gasteiger partial charge in [0.25, 0.3) is 5.56 Å². The molecule has 0 aliphatic rings. The molecule has 9 nitrogen and oxygen atoms in total. The molecule has 0 atom stereocenters. The molecule has 10 heteroatoms. The third-order valence-corrected chi connectivity index (χ3v) is 4.09. The Hall–Kier alpha value is -3.92. The number of benzene rings is 2. The van der Waals surface area contributed by atoms with Gasteiger partial charge in [-0.1, -0.05) is 0 Å². The van der Waals surface area contributed by atoms with E-state index in [0.29, 0.717) is 11.5 Å². The van der Waals surface area contributed by atoms with E-state index >= 15 is 0 Å². The number of nitrogens with zero attached hydrogens (tertiary/aromatic N) is 2.